The van der Waals surface area contributed by atoms with Crippen molar-refractivity contribution in [3.63, 3.8) is 0 Å². The van der Waals surface area contributed by atoms with Crippen LogP contribution in [0.5, 0.6) is 0 Å². The van der Waals surface area contributed by atoms with Gasteiger partial charge in [0.1, 0.15) is 0 Å². The second kappa shape index (κ2) is 7.17. The molecule has 1 fully saturated rings. The van der Waals surface area contributed by atoms with Crippen LogP contribution in [0.15, 0.2) is 30.3 Å². The molecule has 1 atom stereocenters. The van der Waals surface area contributed by atoms with Crippen molar-refractivity contribution in [3.05, 3.63) is 35.9 Å². The summed E-state index contributed by atoms with van der Waals surface area (Å²) < 4.78 is 28.8. The smallest absolute Gasteiger partial charge is 0.277 e. The molecule has 0 aliphatic carbocycles. The second-order valence-electron chi connectivity index (χ2n) is 5.27. The molecular weight excluding hydrogens is 274 g/mol. The maximum absolute atomic E-state index is 11.8. The SMILES string of the molecule is CN1CCCC1CCNS(=O)(=O)NCc1ccccc1. The van der Waals surface area contributed by atoms with Crippen LogP contribution in [0.25, 0.3) is 0 Å². The normalized spacial score (nSPS) is 20.4. The van der Waals surface area contributed by atoms with Gasteiger partial charge in [0, 0.05) is 19.1 Å². The van der Waals surface area contributed by atoms with E-state index in [0.717, 1.165) is 24.9 Å². The topological polar surface area (TPSA) is 61.4 Å². The van der Waals surface area contributed by atoms with Crippen LogP contribution in [0.4, 0.5) is 0 Å². The fraction of sp³-hybridized carbons (Fsp3) is 0.571. The fourth-order valence-electron chi connectivity index (χ4n) is 2.53. The first-order valence-electron chi connectivity index (χ1n) is 7.05. The number of nitrogens with one attached hydrogen (secondary N) is 2. The Hall–Kier alpha value is -0.950. The largest absolute Gasteiger partial charge is 0.303 e. The lowest BCUT2D eigenvalue weighted by molar-refractivity contribution is 0.297. The molecule has 20 heavy (non-hydrogen) atoms. The first-order chi connectivity index (χ1) is 9.57. The van der Waals surface area contributed by atoms with Crippen molar-refractivity contribution >= 4 is 10.2 Å². The number of hydrogen-bond donors (Lipinski definition) is 2. The van der Waals surface area contributed by atoms with Crippen molar-refractivity contribution in [2.75, 3.05) is 20.1 Å². The summed E-state index contributed by atoms with van der Waals surface area (Å²) in [6.45, 7) is 1.92. The molecule has 6 heteroatoms. The third-order valence-corrected chi connectivity index (χ3v) is 4.86. The minimum absolute atomic E-state index is 0.319. The summed E-state index contributed by atoms with van der Waals surface area (Å²) in [7, 11) is -1.31. The van der Waals surface area contributed by atoms with E-state index >= 15 is 0 Å². The molecule has 5 nitrogen and oxygen atoms in total. The van der Waals surface area contributed by atoms with Crippen LogP contribution in [0.1, 0.15) is 24.8 Å². The van der Waals surface area contributed by atoms with Gasteiger partial charge < -0.3 is 4.90 Å². The van der Waals surface area contributed by atoms with Crippen LogP contribution in [-0.4, -0.2) is 39.5 Å². The molecule has 2 N–H and O–H groups in total. The van der Waals surface area contributed by atoms with Crippen molar-refractivity contribution in [1.29, 1.82) is 0 Å². The molecule has 2 rings (SSSR count). The first kappa shape index (κ1) is 15.4. The van der Waals surface area contributed by atoms with Crippen LogP contribution in [-0.2, 0) is 16.8 Å². The Labute approximate surface area is 121 Å². The van der Waals surface area contributed by atoms with Gasteiger partial charge in [-0.05, 0) is 38.4 Å². The fourth-order valence-corrected chi connectivity index (χ4v) is 3.37. The van der Waals surface area contributed by atoms with Gasteiger partial charge in [0.15, 0.2) is 0 Å². The first-order valence-corrected chi connectivity index (χ1v) is 8.53. The number of rotatable bonds is 7. The summed E-state index contributed by atoms with van der Waals surface area (Å²) >= 11 is 0. The van der Waals surface area contributed by atoms with Gasteiger partial charge in [-0.15, -0.1) is 0 Å². The van der Waals surface area contributed by atoms with Crippen LogP contribution < -0.4 is 9.44 Å². The third kappa shape index (κ3) is 4.86. The van der Waals surface area contributed by atoms with Gasteiger partial charge in [-0.3, -0.25) is 0 Å². The standard InChI is InChI=1S/C14H23N3O2S/c1-17-11-5-8-14(17)9-10-15-20(18,19)16-12-13-6-3-2-4-7-13/h2-4,6-7,14-16H,5,8-12H2,1H3. The molecule has 1 aliphatic heterocycles. The van der Waals surface area contributed by atoms with Crippen LogP contribution in [0, 0.1) is 0 Å². The molecule has 0 saturated carbocycles. The van der Waals surface area contributed by atoms with E-state index in [2.05, 4.69) is 21.4 Å². The van der Waals surface area contributed by atoms with Gasteiger partial charge in [-0.25, -0.2) is 4.72 Å². The van der Waals surface area contributed by atoms with Gasteiger partial charge >= 0.3 is 0 Å². The Morgan fingerprint density at radius 1 is 1.25 bits per heavy atom. The van der Waals surface area contributed by atoms with E-state index in [0.29, 0.717) is 19.1 Å². The minimum Gasteiger partial charge on any atom is -0.303 e. The van der Waals surface area contributed by atoms with E-state index in [-0.39, 0.29) is 0 Å². The molecule has 1 aromatic rings. The molecule has 0 bridgehead atoms. The monoisotopic (exact) mass is 297 g/mol. The maximum atomic E-state index is 11.8. The zero-order chi connectivity index (χ0) is 14.4. The summed E-state index contributed by atoms with van der Waals surface area (Å²) in [6.07, 6.45) is 3.23. The Bertz CT molecular complexity index is 504. The zero-order valence-corrected chi connectivity index (χ0v) is 12.7. The number of nitrogens with zero attached hydrogens (tertiary/aromatic N) is 1. The van der Waals surface area contributed by atoms with E-state index in [1.54, 1.807) is 0 Å². The number of benzene rings is 1. The maximum Gasteiger partial charge on any atom is 0.277 e. The Kier molecular flexibility index (Phi) is 5.54. The zero-order valence-electron chi connectivity index (χ0n) is 11.9. The van der Waals surface area contributed by atoms with Gasteiger partial charge in [0.05, 0.1) is 0 Å². The molecule has 1 unspecified atom stereocenters. The lowest BCUT2D eigenvalue weighted by Crippen LogP contribution is -2.38. The molecule has 0 aromatic heterocycles. The third-order valence-electron chi connectivity index (χ3n) is 3.75. The van der Waals surface area contributed by atoms with Gasteiger partial charge in [-0.2, -0.15) is 13.1 Å². The molecule has 1 aromatic carbocycles. The van der Waals surface area contributed by atoms with Crippen molar-refractivity contribution in [1.82, 2.24) is 14.3 Å². The Morgan fingerprint density at radius 3 is 2.65 bits per heavy atom. The highest BCUT2D eigenvalue weighted by Crippen LogP contribution is 2.16. The Balaban J connectivity index is 1.71. The van der Waals surface area contributed by atoms with E-state index in [1.165, 1.54) is 6.42 Å². The molecule has 0 spiro atoms. The highest BCUT2D eigenvalue weighted by Gasteiger charge is 2.20. The van der Waals surface area contributed by atoms with Crippen LogP contribution in [0.2, 0.25) is 0 Å². The van der Waals surface area contributed by atoms with Gasteiger partial charge in [-0.1, -0.05) is 30.3 Å². The molecule has 0 radical (unpaired) electrons. The highest BCUT2D eigenvalue weighted by atomic mass is 32.2. The average Bonchev–Trinajstić information content (AvgIpc) is 2.83. The van der Waals surface area contributed by atoms with Crippen LogP contribution >= 0.6 is 0 Å². The van der Waals surface area contributed by atoms with Gasteiger partial charge in [0.25, 0.3) is 10.2 Å². The summed E-state index contributed by atoms with van der Waals surface area (Å²) in [5.74, 6) is 0. The van der Waals surface area contributed by atoms with Crippen molar-refractivity contribution in [2.24, 2.45) is 0 Å². The lowest BCUT2D eigenvalue weighted by atomic mass is 10.1. The molecule has 0 amide bonds. The number of hydrogen-bond acceptors (Lipinski definition) is 3. The van der Waals surface area contributed by atoms with E-state index in [1.807, 2.05) is 30.3 Å². The van der Waals surface area contributed by atoms with Gasteiger partial charge in [0.2, 0.25) is 0 Å². The number of likely N-dealkylation sites (tertiary alicyclic amines) is 1. The average molecular weight is 297 g/mol. The van der Waals surface area contributed by atoms with Crippen molar-refractivity contribution < 1.29 is 8.42 Å². The predicted octanol–water partition coefficient (Wildman–Crippen LogP) is 1.09. The summed E-state index contributed by atoms with van der Waals surface area (Å²) in [5.41, 5.74) is 0.952. The van der Waals surface area contributed by atoms with E-state index < -0.39 is 10.2 Å². The predicted molar refractivity (Wildman–Crippen MR) is 80.5 cm³/mol. The van der Waals surface area contributed by atoms with Crippen molar-refractivity contribution in [3.8, 4) is 0 Å². The summed E-state index contributed by atoms with van der Waals surface area (Å²) in [5, 5.41) is 0. The van der Waals surface area contributed by atoms with E-state index in [4.69, 9.17) is 0 Å². The second-order valence-corrected chi connectivity index (χ2v) is 6.85. The quantitative estimate of drug-likeness (QED) is 0.792. The van der Waals surface area contributed by atoms with E-state index in [9.17, 15) is 8.42 Å². The van der Waals surface area contributed by atoms with Crippen molar-refractivity contribution in [2.45, 2.75) is 31.8 Å². The molecule has 1 aliphatic rings. The molecule has 112 valence electrons. The minimum atomic E-state index is -3.41. The summed E-state index contributed by atoms with van der Waals surface area (Å²) in [4.78, 5) is 2.30. The molecule has 1 saturated heterocycles. The molecular formula is C14H23N3O2S. The highest BCUT2D eigenvalue weighted by molar-refractivity contribution is 7.87. The lowest BCUT2D eigenvalue weighted by Gasteiger charge is -2.19. The summed E-state index contributed by atoms with van der Waals surface area (Å²) in [6, 6.07) is 10.0. The molecule has 1 heterocycles. The Morgan fingerprint density at radius 2 is 2.00 bits per heavy atom. The van der Waals surface area contributed by atoms with Crippen LogP contribution in [0.3, 0.4) is 0 Å².